The lowest BCUT2D eigenvalue weighted by Gasteiger charge is -1.85. The van der Waals surface area contributed by atoms with Crippen molar-refractivity contribution in [2.45, 2.75) is 0 Å². The van der Waals surface area contributed by atoms with Crippen molar-refractivity contribution in [1.82, 2.24) is 5.48 Å². The second-order valence-electron chi connectivity index (χ2n) is 0.893. The Kier molecular flexibility index (Phi) is 3.51. The Morgan fingerprint density at radius 2 is 2.62 bits per heavy atom. The first-order valence-corrected chi connectivity index (χ1v) is 1.82. The minimum atomic E-state index is -0.716. The second-order valence-corrected chi connectivity index (χ2v) is 0.893. The lowest BCUT2D eigenvalue weighted by molar-refractivity contribution is -0.122. The van der Waals surface area contributed by atoms with Crippen molar-refractivity contribution < 1.29 is 14.8 Å². The van der Waals surface area contributed by atoms with Gasteiger partial charge in [-0.1, -0.05) is 5.16 Å². The van der Waals surface area contributed by atoms with Crippen LogP contribution in [0.5, 0.6) is 0 Å². The maximum Gasteiger partial charge on any atom is 0.289 e. The predicted molar refractivity (Wildman–Crippen MR) is 25.4 cm³/mol. The Hall–Kier alpha value is -1.10. The normalized spacial score (nSPS) is 9.25. The molecule has 0 aliphatic rings. The summed E-state index contributed by atoms with van der Waals surface area (Å²) in [6.45, 7) is 0. The first-order valence-electron chi connectivity index (χ1n) is 1.82. The molecule has 0 saturated carbocycles. The zero-order chi connectivity index (χ0) is 6.41. The molecule has 0 aromatic heterocycles. The van der Waals surface area contributed by atoms with Crippen LogP contribution in [0.1, 0.15) is 0 Å². The molecule has 5 nitrogen and oxygen atoms in total. The number of amides is 1. The van der Waals surface area contributed by atoms with Gasteiger partial charge in [-0.15, -0.1) is 0 Å². The molecule has 0 spiro atoms. The molecule has 46 valence electrons. The monoisotopic (exact) mass is 118 g/mol. The summed E-state index contributed by atoms with van der Waals surface area (Å²) in [6.07, 6.45) is 0.806. The molecule has 0 rings (SSSR count). The second kappa shape index (κ2) is 4.07. The van der Waals surface area contributed by atoms with E-state index in [9.17, 15) is 4.79 Å². The van der Waals surface area contributed by atoms with E-state index in [4.69, 9.17) is 5.21 Å². The molecule has 0 fully saturated rings. The molecule has 0 aromatic rings. The fourth-order valence-electron chi connectivity index (χ4n) is 0.129. The SMILES string of the molecule is CO/N=C/C(=O)NO. The van der Waals surface area contributed by atoms with Crippen molar-refractivity contribution in [3.8, 4) is 0 Å². The molecule has 1 amide bonds. The highest BCUT2D eigenvalue weighted by Gasteiger charge is 1.87. The van der Waals surface area contributed by atoms with Crippen molar-refractivity contribution in [3.63, 3.8) is 0 Å². The van der Waals surface area contributed by atoms with E-state index in [1.807, 2.05) is 0 Å². The van der Waals surface area contributed by atoms with Crippen LogP contribution in [0.4, 0.5) is 0 Å². The molecule has 0 bridgehead atoms. The molecule has 0 aromatic carbocycles. The maximum atomic E-state index is 9.98. The van der Waals surface area contributed by atoms with Crippen molar-refractivity contribution in [2.24, 2.45) is 5.16 Å². The van der Waals surface area contributed by atoms with Crippen LogP contribution < -0.4 is 5.48 Å². The minimum Gasteiger partial charge on any atom is -0.399 e. The fraction of sp³-hybridized carbons (Fsp3) is 0.333. The van der Waals surface area contributed by atoms with E-state index >= 15 is 0 Å². The number of nitrogens with one attached hydrogen (secondary N) is 1. The van der Waals surface area contributed by atoms with Gasteiger partial charge in [-0.3, -0.25) is 10.0 Å². The number of carbonyl (C=O) groups excluding carboxylic acids is 1. The number of hydrogen-bond acceptors (Lipinski definition) is 4. The Morgan fingerprint density at radius 1 is 2.00 bits per heavy atom. The topological polar surface area (TPSA) is 70.9 Å². The Bertz CT molecular complexity index is 101. The Labute approximate surface area is 45.9 Å². The summed E-state index contributed by atoms with van der Waals surface area (Å²) < 4.78 is 0. The number of oxime groups is 1. The number of rotatable bonds is 2. The Morgan fingerprint density at radius 3 is 3.00 bits per heavy atom. The summed E-state index contributed by atoms with van der Waals surface area (Å²) in [5, 5.41) is 10.9. The van der Waals surface area contributed by atoms with Crippen molar-refractivity contribution in [2.75, 3.05) is 7.11 Å². The third kappa shape index (κ3) is 3.10. The zero-order valence-corrected chi connectivity index (χ0v) is 4.29. The third-order valence-corrected chi connectivity index (χ3v) is 0.386. The van der Waals surface area contributed by atoms with Crippen molar-refractivity contribution >= 4 is 12.1 Å². The largest absolute Gasteiger partial charge is 0.399 e. The van der Waals surface area contributed by atoms with Crippen LogP contribution in [0.3, 0.4) is 0 Å². The Balaban J connectivity index is 3.37. The standard InChI is InChI=1S/C3H6N2O3/c1-8-4-2-3(6)5-7/h2,7H,1H3,(H,5,6)/b4-2+. The molecule has 8 heavy (non-hydrogen) atoms. The highest BCUT2D eigenvalue weighted by atomic mass is 16.6. The van der Waals surface area contributed by atoms with E-state index in [0.717, 1.165) is 6.21 Å². The van der Waals surface area contributed by atoms with Crippen LogP contribution in [0.2, 0.25) is 0 Å². The molecule has 0 aliphatic heterocycles. The maximum absolute atomic E-state index is 9.98. The third-order valence-electron chi connectivity index (χ3n) is 0.386. The van der Waals surface area contributed by atoms with Crippen LogP contribution in [-0.4, -0.2) is 24.4 Å². The molecule has 0 radical (unpaired) electrons. The smallest absolute Gasteiger partial charge is 0.289 e. The predicted octanol–water partition coefficient (Wildman–Crippen LogP) is -0.876. The molecule has 0 unspecified atom stereocenters. The summed E-state index contributed by atoms with van der Waals surface area (Å²) in [4.78, 5) is 14.1. The zero-order valence-electron chi connectivity index (χ0n) is 4.29. The van der Waals surface area contributed by atoms with Crippen LogP contribution >= 0.6 is 0 Å². The molecule has 0 aliphatic carbocycles. The number of hydrogen-bond donors (Lipinski definition) is 2. The quantitative estimate of drug-likeness (QED) is 0.281. The van der Waals surface area contributed by atoms with E-state index in [1.165, 1.54) is 12.6 Å². The van der Waals surface area contributed by atoms with Crippen molar-refractivity contribution in [1.29, 1.82) is 0 Å². The molecule has 5 heteroatoms. The molecule has 0 saturated heterocycles. The van der Waals surface area contributed by atoms with Crippen LogP contribution in [0.15, 0.2) is 5.16 Å². The summed E-state index contributed by atoms with van der Waals surface area (Å²) >= 11 is 0. The fourth-order valence-corrected chi connectivity index (χ4v) is 0.129. The summed E-state index contributed by atoms with van der Waals surface area (Å²) in [5.74, 6) is -0.716. The number of carbonyl (C=O) groups is 1. The lowest BCUT2D eigenvalue weighted by atomic mass is 10.7. The van der Waals surface area contributed by atoms with E-state index < -0.39 is 5.91 Å². The van der Waals surface area contributed by atoms with Gasteiger partial charge in [-0.2, -0.15) is 0 Å². The van der Waals surface area contributed by atoms with Gasteiger partial charge in [0.2, 0.25) is 0 Å². The highest BCUT2D eigenvalue weighted by Crippen LogP contribution is 1.61. The summed E-state index contributed by atoms with van der Waals surface area (Å²) in [7, 11) is 1.29. The molecule has 0 heterocycles. The number of hydroxylamine groups is 1. The van der Waals surface area contributed by atoms with Gasteiger partial charge < -0.3 is 4.84 Å². The molecule has 2 N–H and O–H groups in total. The van der Waals surface area contributed by atoms with Crippen molar-refractivity contribution in [3.05, 3.63) is 0 Å². The molecule has 0 atom stereocenters. The van der Waals surface area contributed by atoms with Gasteiger partial charge in [-0.25, -0.2) is 5.48 Å². The summed E-state index contributed by atoms with van der Waals surface area (Å²) in [5.41, 5.74) is 1.33. The summed E-state index contributed by atoms with van der Waals surface area (Å²) in [6, 6.07) is 0. The van der Waals surface area contributed by atoms with Gasteiger partial charge in [0.25, 0.3) is 5.91 Å². The molecular weight excluding hydrogens is 112 g/mol. The minimum absolute atomic E-state index is 0.716. The van der Waals surface area contributed by atoms with Gasteiger partial charge in [-0.05, 0) is 0 Å². The van der Waals surface area contributed by atoms with Gasteiger partial charge in [0.15, 0.2) is 0 Å². The lowest BCUT2D eigenvalue weighted by Crippen LogP contribution is -2.19. The average molecular weight is 118 g/mol. The van der Waals surface area contributed by atoms with E-state index in [1.54, 1.807) is 0 Å². The van der Waals surface area contributed by atoms with Gasteiger partial charge >= 0.3 is 0 Å². The van der Waals surface area contributed by atoms with Crippen LogP contribution in [0.25, 0.3) is 0 Å². The number of nitrogens with zero attached hydrogens (tertiary/aromatic N) is 1. The average Bonchev–Trinajstić information content (AvgIpc) is 1.83. The molecular formula is C3H6N2O3. The highest BCUT2D eigenvalue weighted by molar-refractivity contribution is 6.25. The van der Waals surface area contributed by atoms with E-state index in [2.05, 4.69) is 9.99 Å². The first-order chi connectivity index (χ1) is 3.81. The van der Waals surface area contributed by atoms with E-state index in [0.29, 0.717) is 0 Å². The van der Waals surface area contributed by atoms with Crippen LogP contribution in [0, 0.1) is 0 Å². The van der Waals surface area contributed by atoms with Gasteiger partial charge in [0.1, 0.15) is 13.3 Å². The first kappa shape index (κ1) is 6.90. The van der Waals surface area contributed by atoms with Crippen LogP contribution in [-0.2, 0) is 9.63 Å². The van der Waals surface area contributed by atoms with Gasteiger partial charge in [0, 0.05) is 0 Å². The van der Waals surface area contributed by atoms with E-state index in [-0.39, 0.29) is 0 Å². The van der Waals surface area contributed by atoms with Gasteiger partial charge in [0.05, 0.1) is 0 Å².